The van der Waals surface area contributed by atoms with Gasteiger partial charge in [-0.05, 0) is 26.0 Å². The van der Waals surface area contributed by atoms with Crippen LogP contribution < -0.4 is 0 Å². The van der Waals surface area contributed by atoms with Crippen molar-refractivity contribution < 1.29 is 9.00 Å². The molecule has 2 atom stereocenters. The molecule has 82 valence electrons. The number of aryl methyl sites for hydroxylation is 1. The molecule has 0 saturated carbocycles. The van der Waals surface area contributed by atoms with Crippen molar-refractivity contribution in [3.8, 4) is 0 Å². The molecule has 1 rings (SSSR count). The zero-order valence-corrected chi connectivity index (χ0v) is 10.1. The van der Waals surface area contributed by atoms with Gasteiger partial charge in [0.15, 0.2) is 0 Å². The molecule has 0 aliphatic heterocycles. The van der Waals surface area contributed by atoms with Crippen molar-refractivity contribution in [1.29, 1.82) is 0 Å². The van der Waals surface area contributed by atoms with Crippen LogP contribution in [-0.2, 0) is 15.6 Å². The number of rotatable bonds is 4. The molecule has 0 fully saturated rings. The standard InChI is InChI=1S/C12H16O2S/c1-4-12(13)10(3)15(14)11-7-5-9(2)6-8-11/h5-8,10H,4H2,1-3H3. The van der Waals surface area contributed by atoms with Crippen molar-refractivity contribution in [1.82, 2.24) is 0 Å². The lowest BCUT2D eigenvalue weighted by atomic mass is 10.2. The molecule has 0 saturated heterocycles. The van der Waals surface area contributed by atoms with E-state index in [2.05, 4.69) is 0 Å². The van der Waals surface area contributed by atoms with Gasteiger partial charge in [-0.2, -0.15) is 0 Å². The topological polar surface area (TPSA) is 34.1 Å². The Bertz CT molecular complexity index is 368. The molecular formula is C12H16O2S. The van der Waals surface area contributed by atoms with Crippen LogP contribution in [0.4, 0.5) is 0 Å². The van der Waals surface area contributed by atoms with Gasteiger partial charge in [0.05, 0.1) is 16.0 Å². The van der Waals surface area contributed by atoms with E-state index < -0.39 is 16.0 Å². The van der Waals surface area contributed by atoms with Crippen LogP contribution in [0.3, 0.4) is 0 Å². The predicted octanol–water partition coefficient (Wildman–Crippen LogP) is 2.47. The van der Waals surface area contributed by atoms with E-state index in [1.165, 1.54) is 0 Å². The molecule has 3 heteroatoms. The van der Waals surface area contributed by atoms with Crippen LogP contribution in [0.1, 0.15) is 25.8 Å². The molecule has 15 heavy (non-hydrogen) atoms. The summed E-state index contributed by atoms with van der Waals surface area (Å²) in [6.07, 6.45) is 0.443. The van der Waals surface area contributed by atoms with Gasteiger partial charge in [-0.3, -0.25) is 9.00 Å². The highest BCUT2D eigenvalue weighted by molar-refractivity contribution is 7.86. The normalized spacial score (nSPS) is 14.6. The highest BCUT2D eigenvalue weighted by atomic mass is 32.2. The Morgan fingerprint density at radius 1 is 1.33 bits per heavy atom. The van der Waals surface area contributed by atoms with Crippen LogP contribution in [0.5, 0.6) is 0 Å². The summed E-state index contributed by atoms with van der Waals surface area (Å²) in [6.45, 7) is 5.50. The number of carbonyl (C=O) groups excluding carboxylic acids is 1. The van der Waals surface area contributed by atoms with Gasteiger partial charge < -0.3 is 0 Å². The summed E-state index contributed by atoms with van der Waals surface area (Å²) in [6, 6.07) is 7.47. The molecule has 1 aromatic rings. The van der Waals surface area contributed by atoms with Crippen LogP contribution in [0.2, 0.25) is 0 Å². The molecule has 2 unspecified atom stereocenters. The number of ketones is 1. The van der Waals surface area contributed by atoms with Gasteiger partial charge in [0.2, 0.25) is 0 Å². The summed E-state index contributed by atoms with van der Waals surface area (Å²) >= 11 is 0. The van der Waals surface area contributed by atoms with Crippen molar-refractivity contribution in [2.75, 3.05) is 0 Å². The van der Waals surface area contributed by atoms with E-state index in [9.17, 15) is 9.00 Å². The van der Waals surface area contributed by atoms with E-state index in [4.69, 9.17) is 0 Å². The molecule has 0 spiro atoms. The Hall–Kier alpha value is -0.960. The monoisotopic (exact) mass is 224 g/mol. The van der Waals surface area contributed by atoms with Gasteiger partial charge in [0.1, 0.15) is 5.78 Å². The maximum absolute atomic E-state index is 11.9. The van der Waals surface area contributed by atoms with Gasteiger partial charge in [-0.15, -0.1) is 0 Å². The lowest BCUT2D eigenvalue weighted by molar-refractivity contribution is -0.118. The number of carbonyl (C=O) groups is 1. The van der Waals surface area contributed by atoms with Crippen molar-refractivity contribution in [2.45, 2.75) is 37.3 Å². The minimum Gasteiger partial charge on any atom is -0.298 e. The zero-order chi connectivity index (χ0) is 11.4. The molecule has 0 aromatic heterocycles. The Morgan fingerprint density at radius 2 is 1.87 bits per heavy atom. The molecule has 0 heterocycles. The molecule has 0 aliphatic carbocycles. The minimum atomic E-state index is -1.22. The fourth-order valence-corrected chi connectivity index (χ4v) is 2.50. The van der Waals surface area contributed by atoms with Gasteiger partial charge in [0.25, 0.3) is 0 Å². The zero-order valence-electron chi connectivity index (χ0n) is 9.32. The summed E-state index contributed by atoms with van der Waals surface area (Å²) in [4.78, 5) is 12.1. The van der Waals surface area contributed by atoms with Crippen LogP contribution in [0.25, 0.3) is 0 Å². The highest BCUT2D eigenvalue weighted by Gasteiger charge is 2.19. The van der Waals surface area contributed by atoms with Gasteiger partial charge in [-0.25, -0.2) is 0 Å². The summed E-state index contributed by atoms with van der Waals surface area (Å²) in [5, 5.41) is -0.405. The third-order valence-corrected chi connectivity index (χ3v) is 4.02. The number of hydrogen-bond acceptors (Lipinski definition) is 2. The van der Waals surface area contributed by atoms with Crippen molar-refractivity contribution in [2.24, 2.45) is 0 Å². The van der Waals surface area contributed by atoms with Gasteiger partial charge >= 0.3 is 0 Å². The summed E-state index contributed by atoms with van der Waals surface area (Å²) in [5.74, 6) is 0.0499. The van der Waals surface area contributed by atoms with Gasteiger partial charge in [-0.1, -0.05) is 24.6 Å². The quantitative estimate of drug-likeness (QED) is 0.787. The Balaban J connectivity index is 2.85. The number of benzene rings is 1. The second-order valence-electron chi connectivity index (χ2n) is 3.57. The van der Waals surface area contributed by atoms with Crippen LogP contribution in [0.15, 0.2) is 29.2 Å². The Kier molecular flexibility index (Phi) is 4.21. The van der Waals surface area contributed by atoms with Crippen molar-refractivity contribution in [3.05, 3.63) is 29.8 Å². The van der Waals surface area contributed by atoms with Crippen LogP contribution >= 0.6 is 0 Å². The van der Waals surface area contributed by atoms with Crippen molar-refractivity contribution >= 4 is 16.6 Å². The fraction of sp³-hybridized carbons (Fsp3) is 0.417. The average molecular weight is 224 g/mol. The first-order valence-electron chi connectivity index (χ1n) is 5.06. The summed E-state index contributed by atoms with van der Waals surface area (Å²) < 4.78 is 11.9. The van der Waals surface area contributed by atoms with E-state index in [1.54, 1.807) is 13.8 Å². The third kappa shape index (κ3) is 2.99. The SMILES string of the molecule is CCC(=O)C(C)S(=O)c1ccc(C)cc1. The first-order valence-corrected chi connectivity index (χ1v) is 6.27. The van der Waals surface area contributed by atoms with Crippen LogP contribution in [0, 0.1) is 6.92 Å². The minimum absolute atomic E-state index is 0.0499. The maximum Gasteiger partial charge on any atom is 0.148 e. The maximum atomic E-state index is 11.9. The van der Waals surface area contributed by atoms with E-state index in [1.807, 2.05) is 31.2 Å². The Morgan fingerprint density at radius 3 is 2.33 bits per heavy atom. The van der Waals surface area contributed by atoms with E-state index >= 15 is 0 Å². The lowest BCUT2D eigenvalue weighted by Gasteiger charge is -2.09. The molecule has 1 aromatic carbocycles. The smallest absolute Gasteiger partial charge is 0.148 e. The van der Waals surface area contributed by atoms with E-state index in [0.29, 0.717) is 6.42 Å². The molecule has 0 N–H and O–H groups in total. The second-order valence-corrected chi connectivity index (χ2v) is 5.35. The molecule has 2 nitrogen and oxygen atoms in total. The number of Topliss-reactive ketones (excluding diaryl/α,β-unsaturated/α-hetero) is 1. The van der Waals surface area contributed by atoms with Crippen LogP contribution in [-0.4, -0.2) is 15.2 Å². The molecule has 0 bridgehead atoms. The number of hydrogen-bond donors (Lipinski definition) is 0. The molecular weight excluding hydrogens is 208 g/mol. The predicted molar refractivity (Wildman–Crippen MR) is 62.3 cm³/mol. The Labute approximate surface area is 93.2 Å². The lowest BCUT2D eigenvalue weighted by Crippen LogP contribution is -2.21. The van der Waals surface area contributed by atoms with E-state index in [0.717, 1.165) is 10.5 Å². The first-order chi connectivity index (χ1) is 7.06. The fourth-order valence-electron chi connectivity index (χ4n) is 1.28. The average Bonchev–Trinajstić information content (AvgIpc) is 2.27. The highest BCUT2D eigenvalue weighted by Crippen LogP contribution is 2.13. The largest absolute Gasteiger partial charge is 0.298 e. The molecule has 0 amide bonds. The summed E-state index contributed by atoms with van der Waals surface area (Å²) in [7, 11) is -1.22. The second kappa shape index (κ2) is 5.21. The third-order valence-electron chi connectivity index (χ3n) is 2.38. The van der Waals surface area contributed by atoms with Crippen molar-refractivity contribution in [3.63, 3.8) is 0 Å². The van der Waals surface area contributed by atoms with Gasteiger partial charge in [0, 0.05) is 11.3 Å². The van der Waals surface area contributed by atoms with E-state index in [-0.39, 0.29) is 5.78 Å². The summed E-state index contributed by atoms with van der Waals surface area (Å²) in [5.41, 5.74) is 1.13. The molecule has 0 radical (unpaired) electrons. The first kappa shape index (κ1) is 12.1. The molecule has 0 aliphatic rings.